The van der Waals surface area contributed by atoms with Crippen LogP contribution >= 0.6 is 0 Å². The molecule has 2 aromatic carbocycles. The first-order chi connectivity index (χ1) is 15.4. The topological polar surface area (TPSA) is 94.2 Å². The third-order valence-electron chi connectivity index (χ3n) is 5.50. The van der Waals surface area contributed by atoms with Crippen LogP contribution in [0.25, 0.3) is 0 Å². The van der Waals surface area contributed by atoms with Crippen LogP contribution in [0.15, 0.2) is 47.4 Å². The van der Waals surface area contributed by atoms with Crippen LogP contribution < -0.4 is 19.5 Å². The number of carbonyl (C=O) groups excluding carboxylic acids is 1. The zero-order chi connectivity index (χ0) is 23.1. The summed E-state index contributed by atoms with van der Waals surface area (Å²) in [6, 6.07) is 11.8. The average Bonchev–Trinajstić information content (AvgIpc) is 2.82. The summed E-state index contributed by atoms with van der Waals surface area (Å²) in [6.07, 6.45) is 1.25. The van der Waals surface area contributed by atoms with E-state index in [0.717, 1.165) is 5.56 Å². The van der Waals surface area contributed by atoms with E-state index in [1.54, 1.807) is 38.5 Å². The smallest absolute Gasteiger partial charge is 0.243 e. The maximum absolute atomic E-state index is 13.1. The van der Waals surface area contributed by atoms with Crippen LogP contribution in [0.2, 0.25) is 0 Å². The van der Waals surface area contributed by atoms with Gasteiger partial charge in [-0.1, -0.05) is 6.07 Å². The molecule has 3 rings (SSSR count). The monoisotopic (exact) mass is 462 g/mol. The largest absolute Gasteiger partial charge is 0.496 e. The number of hydrogen-bond acceptors (Lipinski definition) is 6. The van der Waals surface area contributed by atoms with Gasteiger partial charge in [0.1, 0.15) is 17.2 Å². The van der Waals surface area contributed by atoms with Gasteiger partial charge in [-0.2, -0.15) is 4.31 Å². The molecular formula is C23H30N2O6S. The number of ether oxygens (including phenoxy) is 3. The second-order valence-electron chi connectivity index (χ2n) is 7.47. The predicted octanol–water partition coefficient (Wildman–Crippen LogP) is 2.82. The Bertz CT molecular complexity index is 1000. The minimum atomic E-state index is -3.69. The van der Waals surface area contributed by atoms with Gasteiger partial charge in [0.05, 0.1) is 43.7 Å². The predicted molar refractivity (Wildman–Crippen MR) is 120 cm³/mol. The lowest BCUT2D eigenvalue weighted by molar-refractivity contribution is -0.126. The Labute approximate surface area is 189 Å². The molecule has 1 N–H and O–H groups in total. The second kappa shape index (κ2) is 10.7. The van der Waals surface area contributed by atoms with E-state index < -0.39 is 15.9 Å². The van der Waals surface area contributed by atoms with Gasteiger partial charge in [0.15, 0.2) is 0 Å². The molecule has 1 saturated heterocycles. The van der Waals surface area contributed by atoms with Crippen molar-refractivity contribution < 1.29 is 27.4 Å². The second-order valence-corrected chi connectivity index (χ2v) is 9.40. The van der Waals surface area contributed by atoms with Gasteiger partial charge in [0.25, 0.3) is 0 Å². The number of carbonyl (C=O) groups is 1. The van der Waals surface area contributed by atoms with Gasteiger partial charge in [-0.05, 0) is 56.2 Å². The summed E-state index contributed by atoms with van der Waals surface area (Å²) < 4.78 is 43.7. The summed E-state index contributed by atoms with van der Waals surface area (Å²) in [7, 11) is -0.570. The molecule has 0 radical (unpaired) electrons. The molecule has 0 saturated carbocycles. The van der Waals surface area contributed by atoms with Crippen molar-refractivity contribution in [2.75, 3.05) is 33.9 Å². The van der Waals surface area contributed by atoms with Crippen LogP contribution in [0.1, 0.15) is 25.3 Å². The minimum absolute atomic E-state index is 0.143. The molecule has 8 nitrogen and oxygen atoms in total. The van der Waals surface area contributed by atoms with Crippen molar-refractivity contribution in [3.8, 4) is 17.2 Å². The summed E-state index contributed by atoms with van der Waals surface area (Å²) >= 11 is 0. The molecule has 1 aliphatic rings. The quantitative estimate of drug-likeness (QED) is 0.616. The van der Waals surface area contributed by atoms with E-state index in [1.165, 1.54) is 16.4 Å². The van der Waals surface area contributed by atoms with Crippen molar-refractivity contribution in [1.82, 2.24) is 9.62 Å². The molecule has 0 unspecified atom stereocenters. The van der Waals surface area contributed by atoms with Gasteiger partial charge in [-0.15, -0.1) is 0 Å². The normalized spacial score (nSPS) is 16.9. The number of nitrogens with zero attached hydrogens (tertiary/aromatic N) is 1. The molecule has 1 heterocycles. The van der Waals surface area contributed by atoms with Gasteiger partial charge in [-0.25, -0.2) is 8.42 Å². The number of rotatable bonds is 9. The van der Waals surface area contributed by atoms with E-state index in [0.29, 0.717) is 43.2 Å². The van der Waals surface area contributed by atoms with Crippen molar-refractivity contribution in [3.63, 3.8) is 0 Å². The van der Waals surface area contributed by atoms with Gasteiger partial charge >= 0.3 is 0 Å². The van der Waals surface area contributed by atoms with E-state index >= 15 is 0 Å². The molecule has 32 heavy (non-hydrogen) atoms. The Morgan fingerprint density at radius 2 is 1.75 bits per heavy atom. The number of methoxy groups -OCH3 is 2. The average molecular weight is 463 g/mol. The van der Waals surface area contributed by atoms with Gasteiger partial charge in [0, 0.05) is 13.1 Å². The Morgan fingerprint density at radius 1 is 1.09 bits per heavy atom. The Morgan fingerprint density at radius 3 is 2.34 bits per heavy atom. The molecule has 1 fully saturated rings. The molecule has 1 aliphatic heterocycles. The van der Waals surface area contributed by atoms with Crippen molar-refractivity contribution in [3.05, 3.63) is 48.0 Å². The van der Waals surface area contributed by atoms with Crippen LogP contribution in [0.5, 0.6) is 17.2 Å². The number of hydrogen-bond donors (Lipinski definition) is 1. The van der Waals surface area contributed by atoms with E-state index in [-0.39, 0.29) is 23.9 Å². The van der Waals surface area contributed by atoms with E-state index in [4.69, 9.17) is 14.2 Å². The standard InChI is InChI=1S/C23H30N2O6S/c1-4-31-18-10-12-19(13-11-18)32(27,28)25-14-6-7-17(16-25)23(26)24-15-20-21(29-2)8-5-9-22(20)30-3/h5,8-13,17H,4,6-7,14-16H2,1-3H3,(H,24,26)/t17-/m1/s1. The molecule has 2 aromatic rings. The molecule has 0 bridgehead atoms. The molecule has 0 aliphatic carbocycles. The van der Waals surface area contributed by atoms with Crippen molar-refractivity contribution in [1.29, 1.82) is 0 Å². The summed E-state index contributed by atoms with van der Waals surface area (Å²) in [5.41, 5.74) is 0.737. The first-order valence-corrected chi connectivity index (χ1v) is 12.0. The van der Waals surface area contributed by atoms with E-state index in [1.807, 2.05) is 13.0 Å². The zero-order valence-electron chi connectivity index (χ0n) is 18.7. The first kappa shape index (κ1) is 23.9. The number of piperidine rings is 1. The van der Waals surface area contributed by atoms with Crippen LogP contribution in [-0.2, 0) is 21.4 Å². The molecular weight excluding hydrogens is 432 g/mol. The third-order valence-corrected chi connectivity index (χ3v) is 7.38. The SMILES string of the molecule is CCOc1ccc(S(=O)(=O)N2CCC[C@@H](C(=O)NCc3c(OC)cccc3OC)C2)cc1. The van der Waals surface area contributed by atoms with Gasteiger partial charge in [0.2, 0.25) is 15.9 Å². The third kappa shape index (κ3) is 5.34. The van der Waals surface area contributed by atoms with Crippen molar-refractivity contribution in [2.24, 2.45) is 5.92 Å². The zero-order valence-corrected chi connectivity index (χ0v) is 19.5. The summed E-state index contributed by atoms with van der Waals surface area (Å²) in [6.45, 7) is 3.14. The minimum Gasteiger partial charge on any atom is -0.496 e. The Kier molecular flexibility index (Phi) is 7.98. The summed E-state index contributed by atoms with van der Waals surface area (Å²) in [4.78, 5) is 13.1. The van der Waals surface area contributed by atoms with E-state index in [9.17, 15) is 13.2 Å². The van der Waals surface area contributed by atoms with Gasteiger partial charge < -0.3 is 19.5 Å². The molecule has 0 spiro atoms. The molecule has 174 valence electrons. The van der Waals surface area contributed by atoms with Crippen molar-refractivity contribution in [2.45, 2.75) is 31.2 Å². The number of nitrogens with one attached hydrogen (secondary N) is 1. The molecule has 0 aromatic heterocycles. The summed E-state index contributed by atoms with van der Waals surface area (Å²) in [5.74, 6) is 1.24. The fourth-order valence-corrected chi connectivity index (χ4v) is 5.34. The molecule has 1 amide bonds. The van der Waals surface area contributed by atoms with Crippen LogP contribution in [0.3, 0.4) is 0 Å². The van der Waals surface area contributed by atoms with Crippen molar-refractivity contribution >= 4 is 15.9 Å². The lowest BCUT2D eigenvalue weighted by Crippen LogP contribution is -2.45. The van der Waals surface area contributed by atoms with Crippen LogP contribution in [0, 0.1) is 5.92 Å². The highest BCUT2D eigenvalue weighted by Crippen LogP contribution is 2.29. The molecule has 9 heteroatoms. The highest BCUT2D eigenvalue weighted by atomic mass is 32.2. The number of amides is 1. The first-order valence-electron chi connectivity index (χ1n) is 10.6. The lowest BCUT2D eigenvalue weighted by atomic mass is 9.98. The van der Waals surface area contributed by atoms with E-state index in [2.05, 4.69) is 5.32 Å². The number of benzene rings is 2. The van der Waals surface area contributed by atoms with Gasteiger partial charge in [-0.3, -0.25) is 4.79 Å². The lowest BCUT2D eigenvalue weighted by Gasteiger charge is -2.31. The molecule has 1 atom stereocenters. The van der Waals surface area contributed by atoms with Crippen LogP contribution in [0.4, 0.5) is 0 Å². The Balaban J connectivity index is 1.67. The highest BCUT2D eigenvalue weighted by Gasteiger charge is 2.33. The maximum Gasteiger partial charge on any atom is 0.243 e. The fraction of sp³-hybridized carbons (Fsp3) is 0.435. The maximum atomic E-state index is 13.1. The highest BCUT2D eigenvalue weighted by molar-refractivity contribution is 7.89. The fourth-order valence-electron chi connectivity index (χ4n) is 3.82. The Hall–Kier alpha value is -2.78. The number of sulfonamides is 1. The summed E-state index contributed by atoms with van der Waals surface area (Å²) in [5, 5.41) is 2.91. The van der Waals surface area contributed by atoms with Crippen LogP contribution in [-0.4, -0.2) is 52.5 Å².